The summed E-state index contributed by atoms with van der Waals surface area (Å²) in [6.07, 6.45) is 8.46. The van der Waals surface area contributed by atoms with Crippen LogP contribution in [0.3, 0.4) is 0 Å². The van der Waals surface area contributed by atoms with Crippen LogP contribution in [0.15, 0.2) is 27.8 Å². The Morgan fingerprint density at radius 1 is 1.18 bits per heavy atom. The summed E-state index contributed by atoms with van der Waals surface area (Å²) in [6.45, 7) is 5.99. The van der Waals surface area contributed by atoms with E-state index in [4.69, 9.17) is 0 Å². The van der Waals surface area contributed by atoms with Crippen molar-refractivity contribution in [1.29, 1.82) is 0 Å². The van der Waals surface area contributed by atoms with Gasteiger partial charge in [-0.3, -0.25) is 9.78 Å². The molecule has 1 aromatic heterocycles. The SMILES string of the molecule is Cc1[nH]c(=O)[nH]c(=O)c1/C=C\C=C/CC(C)C. The number of aromatic amines is 2. The van der Waals surface area contributed by atoms with Gasteiger partial charge in [0, 0.05) is 5.69 Å². The molecule has 0 unspecified atom stereocenters. The van der Waals surface area contributed by atoms with E-state index < -0.39 is 5.69 Å². The van der Waals surface area contributed by atoms with Crippen LogP contribution in [0, 0.1) is 12.8 Å². The molecule has 92 valence electrons. The van der Waals surface area contributed by atoms with E-state index in [1.54, 1.807) is 19.1 Å². The number of hydrogen-bond donors (Lipinski definition) is 2. The Balaban J connectivity index is 2.82. The van der Waals surface area contributed by atoms with Gasteiger partial charge in [-0.05, 0) is 25.3 Å². The summed E-state index contributed by atoms with van der Waals surface area (Å²) >= 11 is 0. The van der Waals surface area contributed by atoms with Gasteiger partial charge in [0.15, 0.2) is 0 Å². The van der Waals surface area contributed by atoms with Gasteiger partial charge in [-0.25, -0.2) is 4.79 Å². The van der Waals surface area contributed by atoms with Gasteiger partial charge < -0.3 is 4.98 Å². The van der Waals surface area contributed by atoms with Crippen molar-refractivity contribution in [3.63, 3.8) is 0 Å². The van der Waals surface area contributed by atoms with Crippen molar-refractivity contribution < 1.29 is 0 Å². The summed E-state index contributed by atoms with van der Waals surface area (Å²) in [5.41, 5.74) is 0.228. The van der Waals surface area contributed by atoms with Crippen LogP contribution in [0.25, 0.3) is 6.08 Å². The molecule has 4 nitrogen and oxygen atoms in total. The van der Waals surface area contributed by atoms with Gasteiger partial charge in [0.25, 0.3) is 5.56 Å². The Labute approximate surface area is 100 Å². The van der Waals surface area contributed by atoms with Crippen molar-refractivity contribution in [2.24, 2.45) is 5.92 Å². The van der Waals surface area contributed by atoms with Crippen LogP contribution in [-0.2, 0) is 0 Å². The molecule has 0 aromatic carbocycles. The van der Waals surface area contributed by atoms with Crippen LogP contribution >= 0.6 is 0 Å². The topological polar surface area (TPSA) is 65.7 Å². The largest absolute Gasteiger partial charge is 0.325 e. The third-order valence-electron chi connectivity index (χ3n) is 2.29. The van der Waals surface area contributed by atoms with Gasteiger partial charge in [0.1, 0.15) is 0 Å². The fourth-order valence-corrected chi connectivity index (χ4v) is 1.39. The first-order valence-corrected chi connectivity index (χ1v) is 5.67. The van der Waals surface area contributed by atoms with E-state index in [1.807, 2.05) is 6.08 Å². The Hall–Kier alpha value is -1.84. The maximum Gasteiger partial charge on any atom is 0.325 e. The lowest BCUT2D eigenvalue weighted by molar-refractivity contribution is 0.664. The van der Waals surface area contributed by atoms with E-state index in [0.717, 1.165) is 6.42 Å². The van der Waals surface area contributed by atoms with E-state index in [-0.39, 0.29) is 5.56 Å². The van der Waals surface area contributed by atoms with Crippen LogP contribution in [0.5, 0.6) is 0 Å². The summed E-state index contributed by atoms with van der Waals surface area (Å²) < 4.78 is 0. The summed E-state index contributed by atoms with van der Waals surface area (Å²) in [7, 11) is 0. The molecule has 0 bridgehead atoms. The lowest BCUT2D eigenvalue weighted by Gasteiger charge is -1.97. The minimum absolute atomic E-state index is 0.361. The van der Waals surface area contributed by atoms with E-state index in [9.17, 15) is 9.59 Å². The summed E-state index contributed by atoms with van der Waals surface area (Å²) in [5, 5.41) is 0. The van der Waals surface area contributed by atoms with Gasteiger partial charge in [-0.1, -0.05) is 32.1 Å². The number of nitrogens with one attached hydrogen (secondary N) is 2. The van der Waals surface area contributed by atoms with Gasteiger partial charge in [-0.15, -0.1) is 0 Å². The van der Waals surface area contributed by atoms with Crippen molar-refractivity contribution in [2.75, 3.05) is 0 Å². The molecule has 1 heterocycles. The number of hydrogen-bond acceptors (Lipinski definition) is 2. The van der Waals surface area contributed by atoms with Crippen molar-refractivity contribution in [3.8, 4) is 0 Å². The van der Waals surface area contributed by atoms with E-state index in [1.165, 1.54) is 0 Å². The fraction of sp³-hybridized carbons (Fsp3) is 0.385. The zero-order valence-electron chi connectivity index (χ0n) is 10.4. The molecule has 0 fully saturated rings. The molecule has 2 N–H and O–H groups in total. The smallest absolute Gasteiger partial charge is 0.311 e. The molecule has 1 rings (SSSR count). The first kappa shape index (κ1) is 13.2. The molecule has 0 aliphatic rings. The minimum Gasteiger partial charge on any atom is -0.311 e. The van der Waals surface area contributed by atoms with Gasteiger partial charge in [0.05, 0.1) is 5.56 Å². The average molecular weight is 234 g/mol. The molecule has 1 aromatic rings. The third-order valence-corrected chi connectivity index (χ3v) is 2.29. The second kappa shape index (κ2) is 6.03. The molecule has 0 amide bonds. The molecule has 0 atom stereocenters. The van der Waals surface area contributed by atoms with Crippen LogP contribution in [0.2, 0.25) is 0 Å². The molecule has 0 radical (unpaired) electrons. The Morgan fingerprint density at radius 3 is 2.47 bits per heavy atom. The summed E-state index contributed by atoms with van der Waals surface area (Å²) in [5.74, 6) is 0.623. The van der Waals surface area contributed by atoms with Crippen molar-refractivity contribution in [3.05, 3.63) is 50.3 Å². The highest BCUT2D eigenvalue weighted by atomic mass is 16.2. The predicted octanol–water partition coefficient (Wildman–Crippen LogP) is 1.99. The molecule has 4 heteroatoms. The minimum atomic E-state index is -0.472. The van der Waals surface area contributed by atoms with Crippen molar-refractivity contribution in [2.45, 2.75) is 27.2 Å². The third kappa shape index (κ3) is 4.26. The number of allylic oxidation sites excluding steroid dienone is 3. The quantitative estimate of drug-likeness (QED) is 0.782. The number of H-pyrrole nitrogens is 2. The van der Waals surface area contributed by atoms with E-state index in [0.29, 0.717) is 17.2 Å². The molecule has 0 aliphatic carbocycles. The highest BCUT2D eigenvalue weighted by Gasteiger charge is 2.00. The molecule has 17 heavy (non-hydrogen) atoms. The van der Waals surface area contributed by atoms with Gasteiger partial charge >= 0.3 is 5.69 Å². The van der Waals surface area contributed by atoms with Gasteiger partial charge in [-0.2, -0.15) is 0 Å². The summed E-state index contributed by atoms with van der Waals surface area (Å²) in [4.78, 5) is 27.2. The molecule has 0 saturated carbocycles. The Morgan fingerprint density at radius 2 is 1.88 bits per heavy atom. The van der Waals surface area contributed by atoms with Crippen LogP contribution in [0.1, 0.15) is 31.5 Å². The molecular formula is C13H18N2O2. The van der Waals surface area contributed by atoms with Crippen LogP contribution in [0.4, 0.5) is 0 Å². The Kier molecular flexibility index (Phi) is 4.69. The standard InChI is InChI=1S/C13H18N2O2/c1-9(2)7-5-4-6-8-11-10(3)14-13(17)15-12(11)16/h4-6,8-9H,7H2,1-3H3,(H2,14,15,16,17)/b5-4-,8-6-. The van der Waals surface area contributed by atoms with Crippen LogP contribution in [-0.4, -0.2) is 9.97 Å². The highest BCUT2D eigenvalue weighted by Crippen LogP contribution is 2.01. The first-order chi connectivity index (χ1) is 8.00. The van der Waals surface area contributed by atoms with E-state index in [2.05, 4.69) is 29.9 Å². The summed E-state index contributed by atoms with van der Waals surface area (Å²) in [6, 6.07) is 0. The second-order valence-corrected chi connectivity index (χ2v) is 4.36. The average Bonchev–Trinajstić information content (AvgIpc) is 2.20. The molecule has 0 saturated heterocycles. The predicted molar refractivity (Wildman–Crippen MR) is 70.0 cm³/mol. The molecule has 0 spiro atoms. The normalized spacial score (nSPS) is 12.0. The highest BCUT2D eigenvalue weighted by molar-refractivity contribution is 5.51. The lowest BCUT2D eigenvalue weighted by atomic mass is 10.1. The zero-order chi connectivity index (χ0) is 12.8. The maximum absolute atomic E-state index is 11.5. The maximum atomic E-state index is 11.5. The van der Waals surface area contributed by atoms with E-state index >= 15 is 0 Å². The molecule has 0 aliphatic heterocycles. The number of aryl methyl sites for hydroxylation is 1. The van der Waals surface area contributed by atoms with Crippen molar-refractivity contribution >= 4 is 6.08 Å². The molecular weight excluding hydrogens is 216 g/mol. The number of rotatable bonds is 4. The lowest BCUT2D eigenvalue weighted by Crippen LogP contribution is -2.25. The van der Waals surface area contributed by atoms with Gasteiger partial charge in [0.2, 0.25) is 0 Å². The monoisotopic (exact) mass is 234 g/mol. The van der Waals surface area contributed by atoms with Crippen LogP contribution < -0.4 is 11.2 Å². The Bertz CT molecular complexity index is 533. The van der Waals surface area contributed by atoms with Crippen molar-refractivity contribution in [1.82, 2.24) is 9.97 Å². The fourth-order valence-electron chi connectivity index (χ4n) is 1.39. The number of aromatic nitrogens is 2. The second-order valence-electron chi connectivity index (χ2n) is 4.36. The first-order valence-electron chi connectivity index (χ1n) is 5.67. The zero-order valence-corrected chi connectivity index (χ0v) is 10.4.